The topological polar surface area (TPSA) is 89.3 Å². The Morgan fingerprint density at radius 2 is 1.68 bits per heavy atom. The van der Waals surface area contributed by atoms with Gasteiger partial charge in [-0.25, -0.2) is 0 Å². The first-order valence-corrected chi connectivity index (χ1v) is 11.3. The molecule has 1 amide bonds. The van der Waals surface area contributed by atoms with Crippen LogP contribution in [0.25, 0.3) is 16.9 Å². The summed E-state index contributed by atoms with van der Waals surface area (Å²) < 4.78 is 5.49. The van der Waals surface area contributed by atoms with Crippen molar-refractivity contribution in [2.45, 2.75) is 6.92 Å². The second kappa shape index (κ2) is 9.70. The van der Waals surface area contributed by atoms with E-state index in [1.165, 1.54) is 11.0 Å². The highest BCUT2D eigenvalue weighted by atomic mass is 16.5. The lowest BCUT2D eigenvalue weighted by Crippen LogP contribution is -2.49. The highest BCUT2D eigenvalue weighted by Gasteiger charge is 2.25. The van der Waals surface area contributed by atoms with Crippen LogP contribution in [-0.2, 0) is 0 Å². The summed E-state index contributed by atoms with van der Waals surface area (Å²) in [5.41, 5.74) is 2.96. The Kier molecular flexibility index (Phi) is 6.15. The van der Waals surface area contributed by atoms with Crippen molar-refractivity contribution in [3.05, 3.63) is 78.6 Å². The van der Waals surface area contributed by atoms with Gasteiger partial charge in [0.1, 0.15) is 5.75 Å². The molecule has 1 aliphatic heterocycles. The summed E-state index contributed by atoms with van der Waals surface area (Å²) in [5, 5.41) is 17.4. The fourth-order valence-corrected chi connectivity index (χ4v) is 3.88. The predicted molar refractivity (Wildman–Crippen MR) is 128 cm³/mol. The highest BCUT2D eigenvalue weighted by molar-refractivity contribution is 5.92. The summed E-state index contributed by atoms with van der Waals surface area (Å²) in [6, 6.07) is 21.3. The first kappa shape index (κ1) is 21.6. The summed E-state index contributed by atoms with van der Waals surface area (Å²) in [6.45, 7) is 5.12. The molecular weight excluding hydrogens is 430 g/mol. The molecule has 34 heavy (non-hydrogen) atoms. The van der Waals surface area contributed by atoms with Gasteiger partial charge in [0, 0.05) is 31.7 Å². The molecule has 5 rings (SSSR count). The predicted octanol–water partition coefficient (Wildman–Crippen LogP) is 3.09. The van der Waals surface area contributed by atoms with Crippen molar-refractivity contribution in [1.82, 2.24) is 30.1 Å². The molecule has 9 heteroatoms. The lowest BCUT2D eigenvalue weighted by Gasteiger charge is -2.34. The molecule has 0 aliphatic carbocycles. The monoisotopic (exact) mass is 455 g/mol. The van der Waals surface area contributed by atoms with Crippen LogP contribution in [0.1, 0.15) is 17.4 Å². The Hall–Kier alpha value is -4.27. The van der Waals surface area contributed by atoms with Crippen molar-refractivity contribution >= 4 is 11.7 Å². The molecule has 172 valence electrons. The van der Waals surface area contributed by atoms with E-state index in [0.29, 0.717) is 38.5 Å². The van der Waals surface area contributed by atoms with Crippen LogP contribution in [0, 0.1) is 0 Å². The maximum Gasteiger partial charge on any atom is 0.276 e. The van der Waals surface area contributed by atoms with E-state index < -0.39 is 0 Å². The number of carbonyl (C=O) groups excluding carboxylic acids is 1. The lowest BCUT2D eigenvalue weighted by molar-refractivity contribution is 0.0740. The quantitative estimate of drug-likeness (QED) is 0.441. The number of anilines is 1. The summed E-state index contributed by atoms with van der Waals surface area (Å²) >= 11 is 0. The van der Waals surface area contributed by atoms with Crippen LogP contribution in [-0.4, -0.2) is 68.8 Å². The molecule has 2 aromatic carbocycles. The van der Waals surface area contributed by atoms with Gasteiger partial charge in [0.05, 0.1) is 24.2 Å². The van der Waals surface area contributed by atoms with Gasteiger partial charge in [-0.1, -0.05) is 18.2 Å². The average molecular weight is 456 g/mol. The van der Waals surface area contributed by atoms with Crippen molar-refractivity contribution in [3.8, 4) is 22.7 Å². The van der Waals surface area contributed by atoms with E-state index in [1.54, 1.807) is 4.90 Å². The molecule has 0 unspecified atom stereocenters. The molecular formula is C25H25N7O2. The second-order valence-electron chi connectivity index (χ2n) is 7.87. The van der Waals surface area contributed by atoms with E-state index >= 15 is 0 Å². The van der Waals surface area contributed by atoms with E-state index in [4.69, 9.17) is 4.74 Å². The van der Waals surface area contributed by atoms with Crippen molar-refractivity contribution in [1.29, 1.82) is 0 Å². The van der Waals surface area contributed by atoms with E-state index in [0.717, 1.165) is 28.5 Å². The maximum absolute atomic E-state index is 12.9. The van der Waals surface area contributed by atoms with Gasteiger partial charge in [0.25, 0.3) is 5.91 Å². The molecule has 9 nitrogen and oxygen atoms in total. The van der Waals surface area contributed by atoms with Crippen LogP contribution in [0.3, 0.4) is 0 Å². The average Bonchev–Trinajstić information content (AvgIpc) is 3.40. The number of rotatable bonds is 6. The van der Waals surface area contributed by atoms with Gasteiger partial charge >= 0.3 is 0 Å². The van der Waals surface area contributed by atoms with Crippen LogP contribution in [0.5, 0.6) is 5.75 Å². The standard InChI is InChI=1S/C25H25N7O2/c1-2-34-21-10-8-19(9-11-21)22-12-13-24(28-27-22)30-14-16-31(17-15-30)25(33)23-18-26-32(29-23)20-6-4-3-5-7-20/h3-13,18H,2,14-17H2,1H3. The molecule has 1 saturated heterocycles. The zero-order valence-corrected chi connectivity index (χ0v) is 18.9. The number of nitrogens with zero attached hydrogens (tertiary/aromatic N) is 7. The number of carbonyl (C=O) groups is 1. The van der Waals surface area contributed by atoms with Crippen LogP contribution in [0.2, 0.25) is 0 Å². The largest absolute Gasteiger partial charge is 0.494 e. The molecule has 4 aromatic rings. The van der Waals surface area contributed by atoms with E-state index in [1.807, 2.05) is 73.7 Å². The van der Waals surface area contributed by atoms with Crippen LogP contribution in [0.4, 0.5) is 5.82 Å². The summed E-state index contributed by atoms with van der Waals surface area (Å²) in [5.74, 6) is 1.53. The number of hydrogen-bond acceptors (Lipinski definition) is 7. The minimum Gasteiger partial charge on any atom is -0.494 e. The third-order valence-electron chi connectivity index (χ3n) is 5.70. The number of aromatic nitrogens is 5. The van der Waals surface area contributed by atoms with Crippen LogP contribution >= 0.6 is 0 Å². The van der Waals surface area contributed by atoms with Gasteiger partial charge in [-0.3, -0.25) is 4.79 Å². The zero-order valence-electron chi connectivity index (χ0n) is 18.9. The smallest absolute Gasteiger partial charge is 0.276 e. The van der Waals surface area contributed by atoms with Gasteiger partial charge in [-0.2, -0.15) is 9.90 Å². The molecule has 3 heterocycles. The summed E-state index contributed by atoms with van der Waals surface area (Å²) in [7, 11) is 0. The minimum absolute atomic E-state index is 0.112. The number of benzene rings is 2. The zero-order chi connectivity index (χ0) is 23.3. The molecule has 1 aliphatic rings. The molecule has 2 aromatic heterocycles. The maximum atomic E-state index is 12.9. The van der Waals surface area contributed by atoms with Crippen LogP contribution < -0.4 is 9.64 Å². The minimum atomic E-state index is -0.112. The molecule has 0 N–H and O–H groups in total. The first-order chi connectivity index (χ1) is 16.7. The number of ether oxygens (including phenoxy) is 1. The normalized spacial score (nSPS) is 13.7. The van der Waals surface area contributed by atoms with Gasteiger partial charge in [-0.15, -0.1) is 15.3 Å². The van der Waals surface area contributed by atoms with E-state index in [2.05, 4.69) is 25.3 Å². The lowest BCUT2D eigenvalue weighted by atomic mass is 10.1. The Labute approximate surface area is 197 Å². The van der Waals surface area contributed by atoms with Crippen molar-refractivity contribution in [2.24, 2.45) is 0 Å². The molecule has 0 atom stereocenters. The Bertz CT molecular complexity index is 1230. The van der Waals surface area contributed by atoms with E-state index in [9.17, 15) is 4.79 Å². The van der Waals surface area contributed by atoms with Gasteiger partial charge in [-0.05, 0) is 55.5 Å². The van der Waals surface area contributed by atoms with Gasteiger partial charge in [0.2, 0.25) is 0 Å². The van der Waals surface area contributed by atoms with Crippen molar-refractivity contribution in [3.63, 3.8) is 0 Å². The number of piperazine rings is 1. The number of amides is 1. The van der Waals surface area contributed by atoms with E-state index in [-0.39, 0.29) is 5.91 Å². The molecule has 0 spiro atoms. The fraction of sp³-hybridized carbons (Fsp3) is 0.240. The first-order valence-electron chi connectivity index (χ1n) is 11.3. The molecule has 0 saturated carbocycles. The molecule has 1 fully saturated rings. The third kappa shape index (κ3) is 4.59. The third-order valence-corrected chi connectivity index (χ3v) is 5.70. The molecule has 0 radical (unpaired) electrons. The molecule has 0 bridgehead atoms. The number of para-hydroxylation sites is 1. The fourth-order valence-electron chi connectivity index (χ4n) is 3.88. The summed E-state index contributed by atoms with van der Waals surface area (Å²) in [6.07, 6.45) is 1.52. The van der Waals surface area contributed by atoms with Gasteiger partial charge < -0.3 is 14.5 Å². The Morgan fingerprint density at radius 1 is 0.912 bits per heavy atom. The highest BCUT2D eigenvalue weighted by Crippen LogP contribution is 2.22. The number of hydrogen-bond donors (Lipinski definition) is 0. The SMILES string of the molecule is CCOc1ccc(-c2ccc(N3CCN(C(=O)c4cnn(-c5ccccc5)n4)CC3)nn2)cc1. The Balaban J connectivity index is 1.19. The van der Waals surface area contributed by atoms with Crippen molar-refractivity contribution < 1.29 is 9.53 Å². The summed E-state index contributed by atoms with van der Waals surface area (Å²) in [4.78, 5) is 18.3. The van der Waals surface area contributed by atoms with Crippen molar-refractivity contribution in [2.75, 3.05) is 37.7 Å². The van der Waals surface area contributed by atoms with Gasteiger partial charge in [0.15, 0.2) is 11.5 Å². The van der Waals surface area contributed by atoms with Crippen LogP contribution in [0.15, 0.2) is 72.9 Å². The Morgan fingerprint density at radius 3 is 2.35 bits per heavy atom. The second-order valence-corrected chi connectivity index (χ2v) is 7.87.